The summed E-state index contributed by atoms with van der Waals surface area (Å²) in [6.07, 6.45) is -3.91. The Morgan fingerprint density at radius 1 is 1.38 bits per heavy atom. The largest absolute Gasteiger partial charge is 0.417 e. The number of hydrogen-bond acceptors (Lipinski definition) is 3. The van der Waals surface area contributed by atoms with Crippen LogP contribution in [0.2, 0.25) is 0 Å². The molecule has 0 aliphatic carbocycles. The third-order valence-corrected chi connectivity index (χ3v) is 3.80. The summed E-state index contributed by atoms with van der Waals surface area (Å²) in [7, 11) is 0. The maximum Gasteiger partial charge on any atom is 0.417 e. The van der Waals surface area contributed by atoms with Gasteiger partial charge in [-0.3, -0.25) is 9.78 Å². The Hall–Kier alpha value is -1.63. The van der Waals surface area contributed by atoms with Crippen LogP contribution in [0.3, 0.4) is 0 Å². The minimum atomic E-state index is -4.65. The minimum absolute atomic E-state index is 0.0892. The van der Waals surface area contributed by atoms with Crippen molar-refractivity contribution >= 4 is 5.91 Å². The SMILES string of the molecule is Cc1ccc(CC(=O)N2CCC(O)(C(F)(F)F)CC2)cn1. The fourth-order valence-corrected chi connectivity index (χ4v) is 2.30. The number of likely N-dealkylation sites (tertiary alicyclic amines) is 1. The van der Waals surface area contributed by atoms with Crippen molar-refractivity contribution in [1.82, 2.24) is 9.88 Å². The van der Waals surface area contributed by atoms with E-state index in [4.69, 9.17) is 0 Å². The number of aryl methyl sites for hydroxylation is 1. The van der Waals surface area contributed by atoms with E-state index in [0.717, 1.165) is 11.3 Å². The first kappa shape index (κ1) is 15.8. The minimum Gasteiger partial charge on any atom is -0.380 e. The molecule has 1 aliphatic rings. The molecule has 1 N–H and O–H groups in total. The van der Waals surface area contributed by atoms with Gasteiger partial charge in [0.2, 0.25) is 5.91 Å². The maximum absolute atomic E-state index is 12.7. The number of amides is 1. The highest BCUT2D eigenvalue weighted by molar-refractivity contribution is 5.78. The molecule has 0 bridgehead atoms. The van der Waals surface area contributed by atoms with E-state index in [1.807, 2.05) is 6.92 Å². The van der Waals surface area contributed by atoms with Gasteiger partial charge >= 0.3 is 6.18 Å². The lowest BCUT2D eigenvalue weighted by molar-refractivity contribution is -0.272. The molecular weight excluding hydrogens is 285 g/mol. The lowest BCUT2D eigenvalue weighted by Crippen LogP contribution is -2.54. The Morgan fingerprint density at radius 3 is 2.48 bits per heavy atom. The topological polar surface area (TPSA) is 53.4 Å². The van der Waals surface area contributed by atoms with Crippen molar-refractivity contribution in [3.8, 4) is 0 Å². The van der Waals surface area contributed by atoms with Crippen LogP contribution in [0.25, 0.3) is 0 Å². The molecule has 0 radical (unpaired) electrons. The number of hydrogen-bond donors (Lipinski definition) is 1. The molecule has 1 saturated heterocycles. The van der Waals surface area contributed by atoms with Gasteiger partial charge in [0.15, 0.2) is 5.60 Å². The molecule has 1 amide bonds. The summed E-state index contributed by atoms with van der Waals surface area (Å²) in [5.41, 5.74) is -1.11. The summed E-state index contributed by atoms with van der Waals surface area (Å²) in [5, 5.41) is 9.55. The molecular formula is C14H17F3N2O2. The number of carbonyl (C=O) groups is 1. The molecule has 1 aliphatic heterocycles. The van der Waals surface area contributed by atoms with E-state index in [1.165, 1.54) is 4.90 Å². The third-order valence-electron chi connectivity index (χ3n) is 3.80. The van der Waals surface area contributed by atoms with Crippen LogP contribution in [-0.4, -0.2) is 45.8 Å². The lowest BCUT2D eigenvalue weighted by Gasteiger charge is -2.39. The average molecular weight is 302 g/mol. The van der Waals surface area contributed by atoms with Gasteiger partial charge in [-0.1, -0.05) is 6.07 Å². The molecule has 116 valence electrons. The number of piperidine rings is 1. The van der Waals surface area contributed by atoms with Gasteiger partial charge < -0.3 is 10.0 Å². The molecule has 0 unspecified atom stereocenters. The van der Waals surface area contributed by atoms with E-state index in [9.17, 15) is 23.1 Å². The Labute approximate surface area is 120 Å². The Kier molecular flexibility index (Phi) is 4.22. The second-order valence-electron chi connectivity index (χ2n) is 5.39. The number of carbonyl (C=O) groups excluding carboxylic acids is 1. The molecule has 2 heterocycles. The van der Waals surface area contributed by atoms with E-state index in [2.05, 4.69) is 4.98 Å². The van der Waals surface area contributed by atoms with Gasteiger partial charge in [-0.25, -0.2) is 0 Å². The number of pyridine rings is 1. The van der Waals surface area contributed by atoms with E-state index in [0.29, 0.717) is 0 Å². The molecule has 21 heavy (non-hydrogen) atoms. The van der Waals surface area contributed by atoms with E-state index < -0.39 is 24.6 Å². The summed E-state index contributed by atoms with van der Waals surface area (Å²) in [6, 6.07) is 3.55. The molecule has 1 fully saturated rings. The first-order valence-electron chi connectivity index (χ1n) is 6.70. The summed E-state index contributed by atoms with van der Waals surface area (Å²) in [6.45, 7) is 1.65. The lowest BCUT2D eigenvalue weighted by atomic mass is 9.90. The summed E-state index contributed by atoms with van der Waals surface area (Å²) < 4.78 is 38.0. The zero-order valence-corrected chi connectivity index (χ0v) is 11.7. The molecule has 0 spiro atoms. The number of aliphatic hydroxyl groups is 1. The molecule has 2 rings (SSSR count). The van der Waals surface area contributed by atoms with Crippen molar-refractivity contribution in [2.75, 3.05) is 13.1 Å². The highest BCUT2D eigenvalue weighted by Gasteiger charge is 2.54. The van der Waals surface area contributed by atoms with Crippen LogP contribution in [-0.2, 0) is 11.2 Å². The maximum atomic E-state index is 12.7. The number of aromatic nitrogens is 1. The van der Waals surface area contributed by atoms with Crippen molar-refractivity contribution < 1.29 is 23.1 Å². The van der Waals surface area contributed by atoms with Gasteiger partial charge in [0.1, 0.15) is 0 Å². The van der Waals surface area contributed by atoms with Crippen LogP contribution in [0, 0.1) is 6.92 Å². The Bertz CT molecular complexity index is 506. The quantitative estimate of drug-likeness (QED) is 0.907. The monoisotopic (exact) mass is 302 g/mol. The van der Waals surface area contributed by atoms with Crippen molar-refractivity contribution in [2.45, 2.75) is 38.0 Å². The first-order chi connectivity index (χ1) is 9.71. The van der Waals surface area contributed by atoms with E-state index >= 15 is 0 Å². The van der Waals surface area contributed by atoms with Crippen molar-refractivity contribution in [3.05, 3.63) is 29.6 Å². The Morgan fingerprint density at radius 2 is 2.00 bits per heavy atom. The van der Waals surface area contributed by atoms with Crippen molar-refractivity contribution in [2.24, 2.45) is 0 Å². The van der Waals surface area contributed by atoms with Crippen molar-refractivity contribution in [1.29, 1.82) is 0 Å². The normalized spacial score (nSPS) is 18.6. The first-order valence-corrected chi connectivity index (χ1v) is 6.70. The zero-order valence-electron chi connectivity index (χ0n) is 11.7. The van der Waals surface area contributed by atoms with Crippen LogP contribution >= 0.6 is 0 Å². The molecule has 1 aromatic heterocycles. The van der Waals surface area contributed by atoms with Gasteiger partial charge in [-0.05, 0) is 18.6 Å². The summed E-state index contributed by atoms with van der Waals surface area (Å²) in [4.78, 5) is 17.5. The number of alkyl halides is 3. The standard InChI is InChI=1S/C14H17F3N2O2/c1-10-2-3-11(9-18-10)8-12(20)19-6-4-13(21,5-7-19)14(15,16)17/h2-3,9,21H,4-8H2,1H3. The van der Waals surface area contributed by atoms with Crippen LogP contribution in [0.4, 0.5) is 13.2 Å². The second-order valence-corrected chi connectivity index (χ2v) is 5.39. The molecule has 7 heteroatoms. The van der Waals surface area contributed by atoms with Gasteiger partial charge in [0, 0.05) is 37.8 Å². The van der Waals surface area contributed by atoms with Gasteiger partial charge in [0.05, 0.1) is 6.42 Å². The van der Waals surface area contributed by atoms with Crippen LogP contribution in [0.15, 0.2) is 18.3 Å². The third kappa shape index (κ3) is 3.53. The highest BCUT2D eigenvalue weighted by atomic mass is 19.4. The number of nitrogens with zero attached hydrogens (tertiary/aromatic N) is 2. The smallest absolute Gasteiger partial charge is 0.380 e. The van der Waals surface area contributed by atoms with Crippen LogP contribution in [0.5, 0.6) is 0 Å². The van der Waals surface area contributed by atoms with Gasteiger partial charge in [-0.2, -0.15) is 13.2 Å². The Balaban J connectivity index is 1.93. The average Bonchev–Trinajstić information content (AvgIpc) is 2.41. The van der Waals surface area contributed by atoms with Crippen molar-refractivity contribution in [3.63, 3.8) is 0 Å². The molecule has 4 nitrogen and oxygen atoms in total. The number of halogens is 3. The van der Waals surface area contributed by atoms with Gasteiger partial charge in [-0.15, -0.1) is 0 Å². The zero-order chi connectivity index (χ0) is 15.7. The molecule has 1 aromatic rings. The van der Waals surface area contributed by atoms with Crippen LogP contribution in [0.1, 0.15) is 24.1 Å². The van der Waals surface area contributed by atoms with Gasteiger partial charge in [0.25, 0.3) is 0 Å². The van der Waals surface area contributed by atoms with Crippen LogP contribution < -0.4 is 0 Å². The summed E-state index contributed by atoms with van der Waals surface area (Å²) in [5.74, 6) is -0.245. The fraction of sp³-hybridized carbons (Fsp3) is 0.571. The molecule has 0 atom stereocenters. The highest BCUT2D eigenvalue weighted by Crippen LogP contribution is 2.38. The van der Waals surface area contributed by atoms with E-state index in [-0.39, 0.29) is 25.4 Å². The molecule has 0 saturated carbocycles. The van der Waals surface area contributed by atoms with E-state index in [1.54, 1.807) is 18.3 Å². The molecule has 0 aromatic carbocycles. The number of rotatable bonds is 2. The summed E-state index contributed by atoms with van der Waals surface area (Å²) >= 11 is 0. The second kappa shape index (κ2) is 5.63. The predicted octanol–water partition coefficient (Wildman–Crippen LogP) is 1.85. The fourth-order valence-electron chi connectivity index (χ4n) is 2.30. The predicted molar refractivity (Wildman–Crippen MR) is 69.5 cm³/mol.